The van der Waals surface area contributed by atoms with Gasteiger partial charge in [0, 0.05) is 28.7 Å². The lowest BCUT2D eigenvalue weighted by atomic mass is 10.1. The Morgan fingerprint density at radius 3 is 2.07 bits per heavy atom. The van der Waals surface area contributed by atoms with E-state index in [2.05, 4.69) is 5.32 Å². The molecule has 3 aromatic carbocycles. The van der Waals surface area contributed by atoms with Crippen molar-refractivity contribution in [1.29, 1.82) is 0 Å². The van der Waals surface area contributed by atoms with Gasteiger partial charge in [-0.1, -0.05) is 67.7 Å². The van der Waals surface area contributed by atoms with Crippen LogP contribution >= 0.6 is 23.2 Å². The largest absolute Gasteiger partial charge is 0.494 e. The molecule has 0 heterocycles. The summed E-state index contributed by atoms with van der Waals surface area (Å²) >= 11 is 12.9. The summed E-state index contributed by atoms with van der Waals surface area (Å²) < 4.78 is 34.6. The molecule has 0 aliphatic rings. The number of anilines is 1. The van der Waals surface area contributed by atoms with Crippen molar-refractivity contribution in [3.05, 3.63) is 87.9 Å². The summed E-state index contributed by atoms with van der Waals surface area (Å²) in [6, 6.07) is 17.0. The lowest BCUT2D eigenvalue weighted by Crippen LogP contribution is -2.52. The highest BCUT2D eigenvalue weighted by Crippen LogP contribution is 2.29. The van der Waals surface area contributed by atoms with Crippen molar-refractivity contribution in [3.63, 3.8) is 0 Å². The highest BCUT2D eigenvalue weighted by atomic mass is 35.5. The Labute approximate surface area is 265 Å². The zero-order valence-electron chi connectivity index (χ0n) is 25.1. The molecule has 0 saturated carbocycles. The fourth-order valence-electron chi connectivity index (χ4n) is 4.44. The molecule has 0 radical (unpaired) electrons. The number of benzene rings is 3. The van der Waals surface area contributed by atoms with Crippen molar-refractivity contribution in [2.75, 3.05) is 24.0 Å². The second-order valence-electron chi connectivity index (χ2n) is 10.5. The van der Waals surface area contributed by atoms with Gasteiger partial charge in [-0.15, -0.1) is 0 Å². The van der Waals surface area contributed by atoms with Gasteiger partial charge >= 0.3 is 0 Å². The number of carbonyl (C=O) groups is 2. The van der Waals surface area contributed by atoms with Crippen LogP contribution in [0.4, 0.5) is 5.69 Å². The van der Waals surface area contributed by atoms with E-state index in [9.17, 15) is 18.0 Å². The molecule has 2 amide bonds. The molecule has 3 aromatic rings. The summed E-state index contributed by atoms with van der Waals surface area (Å²) in [5.41, 5.74) is 1.70. The Balaban J connectivity index is 2.07. The Hall–Kier alpha value is -3.27. The molecule has 8 nitrogen and oxygen atoms in total. The van der Waals surface area contributed by atoms with E-state index in [4.69, 9.17) is 27.9 Å². The second-order valence-corrected chi connectivity index (χ2v) is 13.2. The minimum atomic E-state index is -4.21. The zero-order valence-corrected chi connectivity index (χ0v) is 27.5. The number of aryl methyl sites for hydroxylation is 1. The first-order chi connectivity index (χ1) is 20.4. The molecule has 232 valence electrons. The third-order valence-corrected chi connectivity index (χ3v) is 9.28. The molecule has 0 bridgehead atoms. The molecule has 3 rings (SSSR count). The van der Waals surface area contributed by atoms with Gasteiger partial charge in [0.15, 0.2) is 0 Å². The third-order valence-electron chi connectivity index (χ3n) is 6.78. The first-order valence-electron chi connectivity index (χ1n) is 14.2. The molecule has 0 spiro atoms. The molecular formula is C32H39Cl2N3O5S. The molecule has 0 aromatic heterocycles. The smallest absolute Gasteiger partial charge is 0.264 e. The molecular weight excluding hydrogens is 609 g/mol. The molecule has 0 unspecified atom stereocenters. The van der Waals surface area contributed by atoms with Crippen LogP contribution in [0.1, 0.15) is 45.2 Å². The highest BCUT2D eigenvalue weighted by molar-refractivity contribution is 7.92. The fourth-order valence-corrected chi connectivity index (χ4v) is 6.37. The number of rotatable bonds is 14. The van der Waals surface area contributed by atoms with Crippen LogP contribution in [0.2, 0.25) is 10.0 Å². The van der Waals surface area contributed by atoms with Crippen LogP contribution in [0.3, 0.4) is 0 Å². The van der Waals surface area contributed by atoms with Crippen LogP contribution in [-0.4, -0.2) is 50.9 Å². The summed E-state index contributed by atoms with van der Waals surface area (Å²) in [4.78, 5) is 28.9. The molecule has 0 aliphatic heterocycles. The van der Waals surface area contributed by atoms with Crippen molar-refractivity contribution in [2.45, 2.75) is 58.5 Å². The van der Waals surface area contributed by atoms with Crippen LogP contribution < -0.4 is 14.4 Å². The van der Waals surface area contributed by atoms with E-state index >= 15 is 0 Å². The Kier molecular flexibility index (Phi) is 12.3. The van der Waals surface area contributed by atoms with Gasteiger partial charge in [-0.05, 0) is 74.7 Å². The number of nitrogens with zero attached hydrogens (tertiary/aromatic N) is 2. The van der Waals surface area contributed by atoms with Gasteiger partial charge in [-0.2, -0.15) is 0 Å². The number of ether oxygens (including phenoxy) is 1. The van der Waals surface area contributed by atoms with E-state index < -0.39 is 28.5 Å². The summed E-state index contributed by atoms with van der Waals surface area (Å²) in [6.45, 7) is 9.67. The van der Waals surface area contributed by atoms with Gasteiger partial charge in [0.25, 0.3) is 10.0 Å². The molecule has 43 heavy (non-hydrogen) atoms. The van der Waals surface area contributed by atoms with Crippen LogP contribution in [0.25, 0.3) is 0 Å². The van der Waals surface area contributed by atoms with E-state index in [0.29, 0.717) is 40.2 Å². The molecule has 1 atom stereocenters. The number of hydrogen-bond donors (Lipinski definition) is 1. The van der Waals surface area contributed by atoms with Crippen LogP contribution in [0.5, 0.6) is 5.75 Å². The van der Waals surface area contributed by atoms with Crippen molar-refractivity contribution >= 4 is 50.7 Å². The molecule has 1 N–H and O–H groups in total. The summed E-state index contributed by atoms with van der Waals surface area (Å²) in [7, 11) is -4.21. The first kappa shape index (κ1) is 34.2. The maximum atomic E-state index is 14.2. The number of nitrogens with one attached hydrogen (secondary N) is 1. The molecule has 11 heteroatoms. The average molecular weight is 649 g/mol. The van der Waals surface area contributed by atoms with Crippen molar-refractivity contribution < 1.29 is 22.7 Å². The van der Waals surface area contributed by atoms with E-state index in [1.54, 1.807) is 61.5 Å². The van der Waals surface area contributed by atoms with Gasteiger partial charge in [0.05, 0.1) is 17.2 Å². The van der Waals surface area contributed by atoms with Gasteiger partial charge in [0.2, 0.25) is 11.8 Å². The number of halogens is 2. The third kappa shape index (κ3) is 8.87. The van der Waals surface area contributed by atoms with E-state index in [1.807, 2.05) is 27.7 Å². The monoisotopic (exact) mass is 647 g/mol. The molecule has 0 aliphatic carbocycles. The summed E-state index contributed by atoms with van der Waals surface area (Å²) in [6.07, 6.45) is 0.286. The lowest BCUT2D eigenvalue weighted by molar-refractivity contribution is -0.140. The number of amides is 2. The Morgan fingerprint density at radius 1 is 0.930 bits per heavy atom. The lowest BCUT2D eigenvalue weighted by Gasteiger charge is -2.33. The topological polar surface area (TPSA) is 96.0 Å². The standard InChI is InChI=1S/C32H39Cl2N3O5S/c1-6-30(32(39)35-19-22(3)4)36(20-27-28(33)9-8-10-29(27)34)31(38)21-37(24-13-11-23(5)12-14-24)43(40,41)26-17-15-25(16-18-26)42-7-2/h8-18,22,30H,6-7,19-21H2,1-5H3,(H,35,39)/t30-/m1/s1. The molecule has 0 saturated heterocycles. The predicted molar refractivity (Wildman–Crippen MR) is 172 cm³/mol. The number of sulfonamides is 1. The first-order valence-corrected chi connectivity index (χ1v) is 16.4. The second kappa shape index (κ2) is 15.5. The van der Waals surface area contributed by atoms with Crippen molar-refractivity contribution in [2.24, 2.45) is 5.92 Å². The Morgan fingerprint density at radius 2 is 1.53 bits per heavy atom. The van der Waals surface area contributed by atoms with Crippen LogP contribution in [0.15, 0.2) is 71.6 Å². The average Bonchev–Trinajstić information content (AvgIpc) is 2.97. The van der Waals surface area contributed by atoms with Gasteiger partial charge in [-0.3, -0.25) is 13.9 Å². The fraction of sp³-hybridized carbons (Fsp3) is 0.375. The van der Waals surface area contributed by atoms with Crippen molar-refractivity contribution in [1.82, 2.24) is 10.2 Å². The van der Waals surface area contributed by atoms with Crippen LogP contribution in [0, 0.1) is 12.8 Å². The Bertz CT molecular complexity index is 1480. The summed E-state index contributed by atoms with van der Waals surface area (Å²) in [5.74, 6) is -0.207. The maximum Gasteiger partial charge on any atom is 0.264 e. The van der Waals surface area contributed by atoms with Gasteiger partial charge in [0.1, 0.15) is 18.3 Å². The number of carbonyl (C=O) groups excluding carboxylic acids is 2. The SMILES string of the molecule is CCOc1ccc(S(=O)(=O)N(CC(=O)N(Cc2c(Cl)cccc2Cl)[C@H](CC)C(=O)NCC(C)C)c2ccc(C)cc2)cc1. The van der Waals surface area contributed by atoms with Gasteiger partial charge < -0.3 is 15.0 Å². The zero-order chi connectivity index (χ0) is 31.7. The van der Waals surface area contributed by atoms with Gasteiger partial charge in [-0.25, -0.2) is 8.42 Å². The minimum absolute atomic E-state index is 0.00764. The minimum Gasteiger partial charge on any atom is -0.494 e. The highest BCUT2D eigenvalue weighted by Gasteiger charge is 2.34. The van der Waals surface area contributed by atoms with Crippen molar-refractivity contribution in [3.8, 4) is 5.75 Å². The summed E-state index contributed by atoms with van der Waals surface area (Å²) in [5, 5.41) is 3.57. The predicted octanol–water partition coefficient (Wildman–Crippen LogP) is 6.48. The van der Waals surface area contributed by atoms with E-state index in [1.165, 1.54) is 17.0 Å². The normalized spacial score (nSPS) is 12.1. The van der Waals surface area contributed by atoms with E-state index in [-0.39, 0.29) is 29.7 Å². The quantitative estimate of drug-likeness (QED) is 0.216. The van der Waals surface area contributed by atoms with E-state index in [0.717, 1.165) is 9.87 Å². The van der Waals surface area contributed by atoms with Crippen LogP contribution in [-0.2, 0) is 26.2 Å². The number of hydrogen-bond acceptors (Lipinski definition) is 5. The maximum absolute atomic E-state index is 14.2. The molecule has 0 fully saturated rings.